The van der Waals surface area contributed by atoms with E-state index in [1.54, 1.807) is 0 Å². The molecule has 1 aliphatic carbocycles. The smallest absolute Gasteiger partial charge is 0.319 e. The van der Waals surface area contributed by atoms with E-state index in [0.717, 1.165) is 32.1 Å². The van der Waals surface area contributed by atoms with Gasteiger partial charge < -0.3 is 9.84 Å². The van der Waals surface area contributed by atoms with Crippen molar-refractivity contribution in [3.05, 3.63) is 0 Å². The second-order valence-electron chi connectivity index (χ2n) is 5.56. The first-order valence-electron chi connectivity index (χ1n) is 6.97. The molecule has 0 aromatic carbocycles. The van der Waals surface area contributed by atoms with Crippen molar-refractivity contribution in [2.24, 2.45) is 17.3 Å². The highest BCUT2D eigenvalue weighted by atomic mass is 16.5. The summed E-state index contributed by atoms with van der Waals surface area (Å²) in [4.78, 5) is 24.0. The number of ketones is 1. The van der Waals surface area contributed by atoms with Gasteiger partial charge in [-0.1, -0.05) is 32.6 Å². The van der Waals surface area contributed by atoms with Gasteiger partial charge in [0.25, 0.3) is 0 Å². The summed E-state index contributed by atoms with van der Waals surface area (Å²) in [6, 6.07) is 0. The minimum atomic E-state index is -1.26. The molecule has 3 unspecified atom stereocenters. The molecule has 1 saturated carbocycles. The van der Waals surface area contributed by atoms with Crippen LogP contribution in [0.1, 0.15) is 45.4 Å². The number of carboxylic acids is 1. The monoisotopic (exact) mass is 254 g/mol. The molecule has 4 nitrogen and oxygen atoms in total. The number of rotatable bonds is 3. The molecule has 0 bridgehead atoms. The largest absolute Gasteiger partial charge is 0.480 e. The quantitative estimate of drug-likeness (QED) is 0.785. The average molecular weight is 254 g/mol. The standard InChI is InChI=1S/C14H22O4/c1-2-10-5-3-4-6-11(10)14(13(16)17)9-18-8-7-12(14)15/h10-11H,2-9H2,1H3,(H,16,17). The summed E-state index contributed by atoms with van der Waals surface area (Å²) in [5.41, 5.74) is -1.26. The molecule has 0 amide bonds. The van der Waals surface area contributed by atoms with Gasteiger partial charge in [-0.2, -0.15) is 0 Å². The van der Waals surface area contributed by atoms with Crippen LogP contribution in [-0.4, -0.2) is 30.1 Å². The molecular weight excluding hydrogens is 232 g/mol. The first-order valence-corrected chi connectivity index (χ1v) is 6.97. The molecule has 0 spiro atoms. The van der Waals surface area contributed by atoms with Crippen LogP contribution in [0.4, 0.5) is 0 Å². The lowest BCUT2D eigenvalue weighted by Crippen LogP contribution is -2.54. The minimum absolute atomic E-state index is 0.0402. The minimum Gasteiger partial charge on any atom is -0.480 e. The van der Waals surface area contributed by atoms with E-state index in [1.165, 1.54) is 0 Å². The SMILES string of the molecule is CCC1CCCCC1C1(C(=O)O)COCCC1=O. The third-order valence-electron chi connectivity index (χ3n) is 4.75. The van der Waals surface area contributed by atoms with E-state index in [0.29, 0.717) is 12.5 Å². The predicted molar refractivity (Wildman–Crippen MR) is 66.3 cm³/mol. The number of carbonyl (C=O) groups excluding carboxylic acids is 1. The second kappa shape index (κ2) is 5.39. The zero-order valence-corrected chi connectivity index (χ0v) is 11.0. The van der Waals surface area contributed by atoms with Crippen LogP contribution in [0.15, 0.2) is 0 Å². The Labute approximate surface area is 108 Å². The number of carbonyl (C=O) groups is 2. The molecule has 1 heterocycles. The zero-order valence-electron chi connectivity index (χ0n) is 11.0. The number of hydrogen-bond acceptors (Lipinski definition) is 3. The van der Waals surface area contributed by atoms with Crippen LogP contribution in [0.3, 0.4) is 0 Å². The van der Waals surface area contributed by atoms with E-state index in [1.807, 2.05) is 0 Å². The van der Waals surface area contributed by atoms with Gasteiger partial charge in [0.1, 0.15) is 0 Å². The van der Waals surface area contributed by atoms with Crippen LogP contribution in [0.2, 0.25) is 0 Å². The van der Waals surface area contributed by atoms with E-state index < -0.39 is 11.4 Å². The van der Waals surface area contributed by atoms with E-state index in [-0.39, 0.29) is 24.7 Å². The van der Waals surface area contributed by atoms with Crippen molar-refractivity contribution in [1.82, 2.24) is 0 Å². The van der Waals surface area contributed by atoms with Crippen LogP contribution in [0.5, 0.6) is 0 Å². The van der Waals surface area contributed by atoms with Crippen LogP contribution >= 0.6 is 0 Å². The molecular formula is C14H22O4. The highest BCUT2D eigenvalue weighted by Crippen LogP contribution is 2.46. The molecule has 0 aromatic rings. The number of Topliss-reactive ketones (excluding diaryl/α,β-unsaturated/α-hetero) is 1. The first kappa shape index (κ1) is 13.5. The molecule has 1 saturated heterocycles. The molecule has 4 heteroatoms. The van der Waals surface area contributed by atoms with Gasteiger partial charge in [-0.25, -0.2) is 0 Å². The van der Waals surface area contributed by atoms with Gasteiger partial charge in [0.2, 0.25) is 0 Å². The Balaban J connectivity index is 2.33. The van der Waals surface area contributed by atoms with Gasteiger partial charge in [0, 0.05) is 6.42 Å². The molecule has 0 aromatic heterocycles. The van der Waals surface area contributed by atoms with Gasteiger partial charge >= 0.3 is 5.97 Å². The molecule has 2 aliphatic rings. The number of hydrogen-bond donors (Lipinski definition) is 1. The molecule has 18 heavy (non-hydrogen) atoms. The topological polar surface area (TPSA) is 63.6 Å². The summed E-state index contributed by atoms with van der Waals surface area (Å²) in [6.45, 7) is 2.53. The Kier molecular flexibility index (Phi) is 4.05. The third kappa shape index (κ3) is 2.07. The van der Waals surface area contributed by atoms with Gasteiger partial charge in [0.15, 0.2) is 11.2 Å². The van der Waals surface area contributed by atoms with Gasteiger partial charge in [-0.05, 0) is 18.3 Å². The Hall–Kier alpha value is -0.900. The normalized spacial score (nSPS) is 37.5. The van der Waals surface area contributed by atoms with Crippen LogP contribution in [0.25, 0.3) is 0 Å². The van der Waals surface area contributed by atoms with Gasteiger partial charge in [0.05, 0.1) is 13.2 Å². The summed E-state index contributed by atoms with van der Waals surface area (Å²) in [5.74, 6) is -0.786. The van der Waals surface area contributed by atoms with Crippen molar-refractivity contribution in [3.8, 4) is 0 Å². The molecule has 102 valence electrons. The highest BCUT2D eigenvalue weighted by Gasteiger charge is 2.55. The lowest BCUT2D eigenvalue weighted by atomic mass is 9.60. The van der Waals surface area contributed by atoms with E-state index in [2.05, 4.69) is 6.92 Å². The third-order valence-corrected chi connectivity index (χ3v) is 4.75. The summed E-state index contributed by atoms with van der Waals surface area (Å²) >= 11 is 0. The molecule has 3 atom stereocenters. The maximum Gasteiger partial charge on any atom is 0.319 e. The van der Waals surface area contributed by atoms with E-state index in [4.69, 9.17) is 4.74 Å². The van der Waals surface area contributed by atoms with E-state index >= 15 is 0 Å². The zero-order chi connectivity index (χ0) is 13.2. The Morgan fingerprint density at radius 3 is 2.78 bits per heavy atom. The lowest BCUT2D eigenvalue weighted by Gasteiger charge is -2.44. The predicted octanol–water partition coefficient (Wildman–Crippen LogP) is 2.26. The fourth-order valence-electron chi connectivity index (χ4n) is 3.70. The average Bonchev–Trinajstić information content (AvgIpc) is 2.39. The second-order valence-corrected chi connectivity index (χ2v) is 5.56. The highest BCUT2D eigenvalue weighted by molar-refractivity contribution is 6.04. The summed E-state index contributed by atoms with van der Waals surface area (Å²) in [5, 5.41) is 9.62. The molecule has 2 rings (SSSR count). The lowest BCUT2D eigenvalue weighted by molar-refractivity contribution is -0.174. The maximum absolute atomic E-state index is 12.3. The molecule has 1 aliphatic heterocycles. The first-order chi connectivity index (χ1) is 8.63. The van der Waals surface area contributed by atoms with Crippen LogP contribution in [0, 0.1) is 17.3 Å². The van der Waals surface area contributed by atoms with Gasteiger partial charge in [-0.15, -0.1) is 0 Å². The van der Waals surface area contributed by atoms with Crippen LogP contribution < -0.4 is 0 Å². The van der Waals surface area contributed by atoms with E-state index in [9.17, 15) is 14.7 Å². The fourth-order valence-corrected chi connectivity index (χ4v) is 3.70. The molecule has 0 radical (unpaired) electrons. The molecule has 2 fully saturated rings. The van der Waals surface area contributed by atoms with Crippen molar-refractivity contribution >= 4 is 11.8 Å². The number of aliphatic carboxylic acids is 1. The summed E-state index contributed by atoms with van der Waals surface area (Å²) in [6.07, 6.45) is 5.28. The van der Waals surface area contributed by atoms with Crippen molar-refractivity contribution in [3.63, 3.8) is 0 Å². The summed E-state index contributed by atoms with van der Waals surface area (Å²) in [7, 11) is 0. The molecule has 1 N–H and O–H groups in total. The van der Waals surface area contributed by atoms with Crippen LogP contribution in [-0.2, 0) is 14.3 Å². The Bertz CT molecular complexity index is 339. The maximum atomic E-state index is 12.3. The van der Waals surface area contributed by atoms with Crippen molar-refractivity contribution in [2.75, 3.05) is 13.2 Å². The Morgan fingerprint density at radius 1 is 1.44 bits per heavy atom. The number of ether oxygens (including phenoxy) is 1. The summed E-state index contributed by atoms with van der Waals surface area (Å²) < 4.78 is 5.36. The van der Waals surface area contributed by atoms with Crippen molar-refractivity contribution in [2.45, 2.75) is 45.4 Å². The fraction of sp³-hybridized carbons (Fsp3) is 0.857. The van der Waals surface area contributed by atoms with Crippen molar-refractivity contribution < 1.29 is 19.4 Å². The van der Waals surface area contributed by atoms with Gasteiger partial charge in [-0.3, -0.25) is 9.59 Å². The van der Waals surface area contributed by atoms with Crippen molar-refractivity contribution in [1.29, 1.82) is 0 Å². The number of carboxylic acid groups (broad SMARTS) is 1. The Morgan fingerprint density at radius 2 is 2.17 bits per heavy atom.